The van der Waals surface area contributed by atoms with Gasteiger partial charge in [0.15, 0.2) is 0 Å². The van der Waals surface area contributed by atoms with Gasteiger partial charge in [0.05, 0.1) is 11.2 Å². The number of hydrogen-bond donors (Lipinski definition) is 0. The van der Waals surface area contributed by atoms with Crippen LogP contribution in [0.3, 0.4) is 0 Å². The molecule has 0 aromatic carbocycles. The zero-order valence-corrected chi connectivity index (χ0v) is 20.7. The van der Waals surface area contributed by atoms with Crippen molar-refractivity contribution in [2.75, 3.05) is 0 Å². The van der Waals surface area contributed by atoms with Gasteiger partial charge in [-0.2, -0.15) is 0 Å². The van der Waals surface area contributed by atoms with Gasteiger partial charge in [0.25, 0.3) is 0 Å². The molecule has 148 valence electrons. The fraction of sp³-hybridized carbons (Fsp3) is 0.773. The quantitative estimate of drug-likeness (QED) is 0.291. The molecular formula is C22H40O2Si2. The molecular weight excluding hydrogens is 352 g/mol. The summed E-state index contributed by atoms with van der Waals surface area (Å²) in [5, 5.41) is 0. The Morgan fingerprint density at radius 2 is 1.62 bits per heavy atom. The van der Waals surface area contributed by atoms with Gasteiger partial charge in [0.1, 0.15) is 14.4 Å². The van der Waals surface area contributed by atoms with E-state index in [-0.39, 0.29) is 5.92 Å². The molecule has 1 aliphatic rings. The second-order valence-electron chi connectivity index (χ2n) is 9.94. The van der Waals surface area contributed by atoms with Crippen molar-refractivity contribution in [2.45, 2.75) is 97.6 Å². The van der Waals surface area contributed by atoms with Crippen molar-refractivity contribution in [1.29, 1.82) is 0 Å². The maximum atomic E-state index is 12.2. The van der Waals surface area contributed by atoms with E-state index in [2.05, 4.69) is 85.6 Å². The lowest BCUT2D eigenvalue weighted by Crippen LogP contribution is -2.44. The van der Waals surface area contributed by atoms with E-state index in [4.69, 9.17) is 4.43 Å². The zero-order chi connectivity index (χ0) is 20.3. The molecule has 0 N–H and O–H groups in total. The first-order valence-electron chi connectivity index (χ1n) is 10.2. The molecule has 0 amide bonds. The molecule has 1 aliphatic carbocycles. The Morgan fingerprint density at radius 3 is 1.96 bits per heavy atom. The first-order valence-corrected chi connectivity index (χ1v) is 15.8. The summed E-state index contributed by atoms with van der Waals surface area (Å²) in [6.07, 6.45) is 4.88. The zero-order valence-electron chi connectivity index (χ0n) is 18.7. The number of rotatable bonds is 6. The van der Waals surface area contributed by atoms with Crippen LogP contribution in [-0.4, -0.2) is 22.7 Å². The van der Waals surface area contributed by atoms with Crippen molar-refractivity contribution in [3.63, 3.8) is 0 Å². The van der Waals surface area contributed by atoms with Crippen LogP contribution < -0.4 is 0 Å². The molecule has 0 spiro atoms. The van der Waals surface area contributed by atoms with Crippen LogP contribution in [-0.2, 0) is 9.22 Å². The Labute approximate surface area is 164 Å². The minimum atomic E-state index is -1.82. The molecule has 0 saturated carbocycles. The Bertz CT molecular complexity index is 566. The average Bonchev–Trinajstić information content (AvgIpc) is 2.47. The molecule has 26 heavy (non-hydrogen) atoms. The van der Waals surface area contributed by atoms with Crippen LogP contribution in [0.2, 0.25) is 36.3 Å². The van der Waals surface area contributed by atoms with E-state index in [1.165, 1.54) is 0 Å². The van der Waals surface area contributed by atoms with E-state index >= 15 is 0 Å². The molecule has 0 saturated heterocycles. The summed E-state index contributed by atoms with van der Waals surface area (Å²) in [7, 11) is -3.43. The van der Waals surface area contributed by atoms with Crippen LogP contribution in [0, 0.1) is 22.8 Å². The highest BCUT2D eigenvalue weighted by atomic mass is 28.4. The molecule has 4 heteroatoms. The van der Waals surface area contributed by atoms with Gasteiger partial charge in [-0.25, -0.2) is 0 Å². The van der Waals surface area contributed by atoms with Crippen molar-refractivity contribution in [3.05, 3.63) is 11.8 Å². The van der Waals surface area contributed by atoms with Crippen LogP contribution in [0.15, 0.2) is 11.8 Å². The van der Waals surface area contributed by atoms with Crippen molar-refractivity contribution in [1.82, 2.24) is 0 Å². The summed E-state index contributed by atoms with van der Waals surface area (Å²) in [6, 6.07) is 0. The summed E-state index contributed by atoms with van der Waals surface area (Å²) >= 11 is 0. The van der Waals surface area contributed by atoms with Gasteiger partial charge in [-0.1, -0.05) is 54.4 Å². The van der Waals surface area contributed by atoms with Gasteiger partial charge >= 0.3 is 0 Å². The molecule has 2 atom stereocenters. The SMILES string of the molecule is CC1C=C(O[Si](C)(C)C)CCC1(C#C[Si](C(C)C)(C(C)C)C(C)C)C=O. The second-order valence-corrected chi connectivity index (χ2v) is 20.0. The summed E-state index contributed by atoms with van der Waals surface area (Å²) in [4.78, 5) is 12.2. The Balaban J connectivity index is 3.29. The number of allylic oxidation sites excluding steroid dienone is 2. The number of aldehydes is 1. The molecule has 0 heterocycles. The van der Waals surface area contributed by atoms with Gasteiger partial charge in [-0.05, 0) is 48.8 Å². The first-order chi connectivity index (χ1) is 11.8. The van der Waals surface area contributed by atoms with E-state index in [0.717, 1.165) is 24.9 Å². The highest BCUT2D eigenvalue weighted by molar-refractivity contribution is 6.90. The van der Waals surface area contributed by atoms with Crippen LogP contribution in [0.4, 0.5) is 0 Å². The molecule has 0 aliphatic heterocycles. The van der Waals surface area contributed by atoms with Gasteiger partial charge in [0.2, 0.25) is 8.32 Å². The van der Waals surface area contributed by atoms with Gasteiger partial charge in [-0.3, -0.25) is 0 Å². The lowest BCUT2D eigenvalue weighted by Gasteiger charge is -2.39. The van der Waals surface area contributed by atoms with Gasteiger partial charge in [0, 0.05) is 12.3 Å². The smallest absolute Gasteiger partial charge is 0.241 e. The number of carbonyl (C=O) groups is 1. The fourth-order valence-corrected chi connectivity index (χ4v) is 10.8. The maximum Gasteiger partial charge on any atom is 0.241 e. The van der Waals surface area contributed by atoms with Crippen LogP contribution in [0.5, 0.6) is 0 Å². The summed E-state index contributed by atoms with van der Waals surface area (Å²) in [5.41, 5.74) is 4.98. The third-order valence-corrected chi connectivity index (χ3v) is 13.2. The third-order valence-electron chi connectivity index (χ3n) is 6.06. The van der Waals surface area contributed by atoms with Crippen molar-refractivity contribution < 1.29 is 9.22 Å². The van der Waals surface area contributed by atoms with Gasteiger partial charge < -0.3 is 9.22 Å². The van der Waals surface area contributed by atoms with Crippen molar-refractivity contribution >= 4 is 22.7 Å². The van der Waals surface area contributed by atoms with Crippen LogP contribution in [0.1, 0.15) is 61.3 Å². The maximum absolute atomic E-state index is 12.2. The standard InChI is InChI=1S/C22H40O2Si2/c1-17(2)26(18(3)4,19(5)6)14-13-22(16-23)12-11-21(15-20(22)7)24-25(8,9)10/h15-20H,11-12H2,1-10H3. The molecule has 2 nitrogen and oxygen atoms in total. The van der Waals surface area contributed by atoms with E-state index < -0.39 is 21.8 Å². The summed E-state index contributed by atoms with van der Waals surface area (Å²) in [5.74, 6) is 4.73. The van der Waals surface area contributed by atoms with Crippen LogP contribution >= 0.6 is 0 Å². The van der Waals surface area contributed by atoms with Crippen molar-refractivity contribution in [2.24, 2.45) is 11.3 Å². The lowest BCUT2D eigenvalue weighted by atomic mass is 9.71. The molecule has 0 radical (unpaired) electrons. The Kier molecular flexibility index (Phi) is 7.58. The van der Waals surface area contributed by atoms with E-state index in [0.29, 0.717) is 16.6 Å². The molecule has 0 aromatic heterocycles. The monoisotopic (exact) mass is 392 g/mol. The molecule has 0 bridgehead atoms. The minimum absolute atomic E-state index is 0.103. The van der Waals surface area contributed by atoms with Crippen LogP contribution in [0.25, 0.3) is 0 Å². The van der Waals surface area contributed by atoms with E-state index in [9.17, 15) is 4.79 Å². The van der Waals surface area contributed by atoms with E-state index in [1.54, 1.807) is 0 Å². The number of hydrogen-bond acceptors (Lipinski definition) is 2. The minimum Gasteiger partial charge on any atom is -0.548 e. The Morgan fingerprint density at radius 1 is 1.12 bits per heavy atom. The molecule has 2 unspecified atom stereocenters. The van der Waals surface area contributed by atoms with Gasteiger partial charge in [-0.15, -0.1) is 5.54 Å². The third kappa shape index (κ3) is 4.92. The fourth-order valence-electron chi connectivity index (χ4n) is 4.58. The molecule has 0 aromatic rings. The topological polar surface area (TPSA) is 26.3 Å². The molecule has 1 rings (SSSR count). The molecule has 0 fully saturated rings. The summed E-state index contributed by atoms with van der Waals surface area (Å²) in [6.45, 7) is 22.6. The highest BCUT2D eigenvalue weighted by Gasteiger charge is 2.43. The first kappa shape index (κ1) is 23.2. The predicted octanol–water partition coefficient (Wildman–Crippen LogP) is 6.56. The number of carbonyl (C=O) groups excluding carboxylic acids is 1. The average molecular weight is 393 g/mol. The predicted molar refractivity (Wildman–Crippen MR) is 118 cm³/mol. The summed E-state index contributed by atoms with van der Waals surface area (Å²) < 4.78 is 6.19. The van der Waals surface area contributed by atoms with E-state index in [1.807, 2.05) is 0 Å². The Hall–Kier alpha value is -0.796. The second kappa shape index (κ2) is 8.48. The van der Waals surface area contributed by atoms with Crippen molar-refractivity contribution in [3.8, 4) is 11.5 Å². The largest absolute Gasteiger partial charge is 0.548 e. The lowest BCUT2D eigenvalue weighted by molar-refractivity contribution is -0.115. The normalized spacial score (nSPS) is 24.3. The highest BCUT2D eigenvalue weighted by Crippen LogP contribution is 2.43.